The van der Waals surface area contributed by atoms with Crippen LogP contribution in [0.1, 0.15) is 51.4 Å². The van der Waals surface area contributed by atoms with Crippen molar-refractivity contribution < 1.29 is 10.4 Å². The average molecular weight is 222 g/mol. The van der Waals surface area contributed by atoms with Crippen LogP contribution in [0.15, 0.2) is 10.3 Å². The Hall–Kier alpha value is -1.06. The zero-order valence-corrected chi connectivity index (χ0v) is 9.45. The summed E-state index contributed by atoms with van der Waals surface area (Å²) in [5.41, 5.74) is 2.40. The number of hydrogen-bond acceptors (Lipinski definition) is 4. The van der Waals surface area contributed by atoms with Crippen LogP contribution in [0, 0.1) is 10.8 Å². The Balaban J connectivity index is 2.02. The summed E-state index contributed by atoms with van der Waals surface area (Å²) in [5.74, 6) is 0. The van der Waals surface area contributed by atoms with Gasteiger partial charge in [0.1, 0.15) is 0 Å². The molecule has 3 saturated carbocycles. The van der Waals surface area contributed by atoms with Crippen LogP contribution in [0.4, 0.5) is 0 Å². The minimum absolute atomic E-state index is 0.244. The third-order valence-corrected chi connectivity index (χ3v) is 5.14. The van der Waals surface area contributed by atoms with Crippen molar-refractivity contribution in [2.24, 2.45) is 21.1 Å². The van der Waals surface area contributed by atoms with Gasteiger partial charge in [0.2, 0.25) is 0 Å². The first-order valence-electron chi connectivity index (χ1n) is 6.13. The van der Waals surface area contributed by atoms with Crippen LogP contribution < -0.4 is 0 Å². The molecule has 3 aliphatic carbocycles. The van der Waals surface area contributed by atoms with Gasteiger partial charge < -0.3 is 10.4 Å². The van der Waals surface area contributed by atoms with Gasteiger partial charge >= 0.3 is 0 Å². The molecule has 0 atom stereocenters. The van der Waals surface area contributed by atoms with E-state index in [-0.39, 0.29) is 10.8 Å². The molecular weight excluding hydrogens is 204 g/mol. The van der Waals surface area contributed by atoms with Crippen LogP contribution in [0.3, 0.4) is 0 Å². The zero-order valence-electron chi connectivity index (χ0n) is 9.45. The van der Waals surface area contributed by atoms with E-state index in [2.05, 4.69) is 10.3 Å². The lowest BCUT2D eigenvalue weighted by atomic mass is 9.60. The molecule has 0 aliphatic heterocycles. The molecule has 3 fully saturated rings. The highest BCUT2D eigenvalue weighted by atomic mass is 16.4. The van der Waals surface area contributed by atoms with E-state index < -0.39 is 0 Å². The Morgan fingerprint density at radius 1 is 0.750 bits per heavy atom. The highest BCUT2D eigenvalue weighted by Crippen LogP contribution is 2.67. The summed E-state index contributed by atoms with van der Waals surface area (Å²) < 4.78 is 0. The first-order chi connectivity index (χ1) is 7.74. The van der Waals surface area contributed by atoms with Crippen molar-refractivity contribution in [3.05, 3.63) is 0 Å². The molecule has 0 aromatic heterocycles. The maximum atomic E-state index is 8.99. The second-order valence-electron chi connectivity index (χ2n) is 5.81. The van der Waals surface area contributed by atoms with E-state index in [4.69, 9.17) is 10.4 Å². The molecule has 2 N–H and O–H groups in total. The van der Waals surface area contributed by atoms with Gasteiger partial charge in [0.25, 0.3) is 0 Å². The van der Waals surface area contributed by atoms with Crippen molar-refractivity contribution in [1.29, 1.82) is 0 Å². The Bertz CT molecular complexity index is 321. The van der Waals surface area contributed by atoms with Gasteiger partial charge in [-0.15, -0.1) is 0 Å². The van der Waals surface area contributed by atoms with Gasteiger partial charge in [0, 0.05) is 0 Å². The molecule has 0 radical (unpaired) electrons. The van der Waals surface area contributed by atoms with Crippen molar-refractivity contribution in [3.63, 3.8) is 0 Å². The number of rotatable bonds is 0. The second-order valence-corrected chi connectivity index (χ2v) is 5.81. The SMILES string of the molecule is ON=C1CC23CCCCC2(C1)CC(=NO)C3. The van der Waals surface area contributed by atoms with Crippen LogP contribution in [0.2, 0.25) is 0 Å². The smallest absolute Gasteiger partial charge is 0.0582 e. The highest BCUT2D eigenvalue weighted by Gasteiger charge is 2.62. The Labute approximate surface area is 95.0 Å². The van der Waals surface area contributed by atoms with Gasteiger partial charge in [-0.2, -0.15) is 0 Å². The maximum absolute atomic E-state index is 8.99. The topological polar surface area (TPSA) is 65.2 Å². The Kier molecular flexibility index (Phi) is 2.03. The summed E-state index contributed by atoms with van der Waals surface area (Å²) in [6.07, 6.45) is 8.55. The monoisotopic (exact) mass is 222 g/mol. The fourth-order valence-electron chi connectivity index (χ4n) is 4.51. The normalized spacial score (nSPS) is 41.8. The van der Waals surface area contributed by atoms with Gasteiger partial charge in [-0.3, -0.25) is 0 Å². The molecule has 88 valence electrons. The molecule has 0 unspecified atom stereocenters. The predicted octanol–water partition coefficient (Wildman–Crippen LogP) is 2.78. The Morgan fingerprint density at radius 3 is 1.44 bits per heavy atom. The van der Waals surface area contributed by atoms with Gasteiger partial charge in [-0.1, -0.05) is 23.2 Å². The lowest BCUT2D eigenvalue weighted by Crippen LogP contribution is -2.35. The maximum Gasteiger partial charge on any atom is 0.0582 e. The van der Waals surface area contributed by atoms with E-state index in [0.717, 1.165) is 37.1 Å². The van der Waals surface area contributed by atoms with Gasteiger partial charge in [-0.25, -0.2) is 0 Å². The molecule has 3 aliphatic rings. The molecule has 0 aromatic carbocycles. The molecule has 0 bridgehead atoms. The summed E-state index contributed by atoms with van der Waals surface area (Å²) in [6, 6.07) is 0. The van der Waals surface area contributed by atoms with Crippen molar-refractivity contribution in [2.75, 3.05) is 0 Å². The fraction of sp³-hybridized carbons (Fsp3) is 0.833. The molecule has 4 nitrogen and oxygen atoms in total. The molecule has 3 rings (SSSR count). The van der Waals surface area contributed by atoms with Crippen LogP contribution in [0.25, 0.3) is 0 Å². The standard InChI is InChI=1S/C12H18N2O2/c15-13-9-5-11-3-1-2-4-12(11,7-9)8-10(6-11)14-16/h15-16H,1-8H2. The highest BCUT2D eigenvalue weighted by molar-refractivity contribution is 5.95. The molecule has 0 amide bonds. The van der Waals surface area contributed by atoms with Crippen molar-refractivity contribution in [2.45, 2.75) is 51.4 Å². The zero-order chi connectivity index (χ0) is 11.2. The largest absolute Gasteiger partial charge is 0.411 e. The summed E-state index contributed by atoms with van der Waals surface area (Å²) in [4.78, 5) is 0. The van der Waals surface area contributed by atoms with E-state index in [1.807, 2.05) is 0 Å². The van der Waals surface area contributed by atoms with Gasteiger partial charge in [-0.05, 0) is 49.4 Å². The lowest BCUT2D eigenvalue weighted by molar-refractivity contribution is 0.0520. The average Bonchev–Trinajstić information content (AvgIpc) is 2.77. The molecule has 0 aromatic rings. The summed E-state index contributed by atoms with van der Waals surface area (Å²) >= 11 is 0. The fourth-order valence-corrected chi connectivity index (χ4v) is 4.51. The van der Waals surface area contributed by atoms with E-state index in [0.29, 0.717) is 0 Å². The number of nitrogens with zero attached hydrogens (tertiary/aromatic N) is 2. The first kappa shape index (κ1) is 10.1. The molecule has 4 heteroatoms. The van der Waals surface area contributed by atoms with Gasteiger partial charge in [0.05, 0.1) is 11.4 Å². The summed E-state index contributed by atoms with van der Waals surface area (Å²) in [5, 5.41) is 24.9. The van der Waals surface area contributed by atoms with E-state index in [1.54, 1.807) is 0 Å². The van der Waals surface area contributed by atoms with Crippen molar-refractivity contribution in [3.8, 4) is 0 Å². The Morgan fingerprint density at radius 2 is 1.12 bits per heavy atom. The minimum Gasteiger partial charge on any atom is -0.411 e. The predicted molar refractivity (Wildman–Crippen MR) is 60.2 cm³/mol. The van der Waals surface area contributed by atoms with Crippen LogP contribution in [0.5, 0.6) is 0 Å². The minimum atomic E-state index is 0.244. The molecule has 0 saturated heterocycles. The third-order valence-electron chi connectivity index (χ3n) is 5.14. The number of hydrogen-bond donors (Lipinski definition) is 2. The third kappa shape index (κ3) is 1.10. The van der Waals surface area contributed by atoms with Crippen LogP contribution in [-0.2, 0) is 0 Å². The molecular formula is C12H18N2O2. The van der Waals surface area contributed by atoms with E-state index >= 15 is 0 Å². The molecule has 16 heavy (non-hydrogen) atoms. The van der Waals surface area contributed by atoms with Crippen molar-refractivity contribution in [1.82, 2.24) is 0 Å². The summed E-state index contributed by atoms with van der Waals surface area (Å²) in [7, 11) is 0. The van der Waals surface area contributed by atoms with Crippen LogP contribution in [-0.4, -0.2) is 21.8 Å². The van der Waals surface area contributed by atoms with Crippen molar-refractivity contribution >= 4 is 11.4 Å². The lowest BCUT2D eigenvalue weighted by Gasteiger charge is -2.43. The van der Waals surface area contributed by atoms with E-state index in [1.165, 1.54) is 25.7 Å². The quantitative estimate of drug-likeness (QED) is 0.489. The first-order valence-corrected chi connectivity index (χ1v) is 6.13. The van der Waals surface area contributed by atoms with Crippen LogP contribution >= 0.6 is 0 Å². The van der Waals surface area contributed by atoms with E-state index in [9.17, 15) is 0 Å². The summed E-state index contributed by atoms with van der Waals surface area (Å²) in [6.45, 7) is 0. The second kappa shape index (κ2) is 3.22. The number of oxime groups is 2. The van der Waals surface area contributed by atoms with Gasteiger partial charge in [0.15, 0.2) is 0 Å². The molecule has 0 spiro atoms. The molecule has 0 heterocycles.